The number of hydrogen-bond acceptors (Lipinski definition) is 3. The van der Waals surface area contributed by atoms with Gasteiger partial charge in [-0.3, -0.25) is 9.36 Å². The van der Waals surface area contributed by atoms with Crippen LogP contribution in [0.5, 0.6) is 0 Å². The van der Waals surface area contributed by atoms with E-state index in [1.165, 1.54) is 48.3 Å². The highest BCUT2D eigenvalue weighted by molar-refractivity contribution is 5.05. The van der Waals surface area contributed by atoms with Crippen LogP contribution in [0.3, 0.4) is 0 Å². The molecule has 2 rings (SSSR count). The molecule has 5 nitrogen and oxygen atoms in total. The molecule has 0 radical (unpaired) electrons. The summed E-state index contributed by atoms with van der Waals surface area (Å²) in [6, 6.07) is 0.465. The van der Waals surface area contributed by atoms with Crippen molar-refractivity contribution in [3.05, 3.63) is 32.6 Å². The van der Waals surface area contributed by atoms with E-state index in [4.69, 9.17) is 0 Å². The highest BCUT2D eigenvalue weighted by Crippen LogP contribution is 2.27. The Kier molecular flexibility index (Phi) is 5.39. The lowest BCUT2D eigenvalue weighted by atomic mass is 9.83. The van der Waals surface area contributed by atoms with Crippen LogP contribution in [0.2, 0.25) is 0 Å². The zero-order valence-corrected chi connectivity index (χ0v) is 13.4. The lowest BCUT2D eigenvalue weighted by molar-refractivity contribution is 0.261. The van der Waals surface area contributed by atoms with Crippen LogP contribution in [0.15, 0.2) is 15.8 Å². The molecule has 1 fully saturated rings. The van der Waals surface area contributed by atoms with Gasteiger partial charge in [0.15, 0.2) is 0 Å². The van der Waals surface area contributed by atoms with Gasteiger partial charge in [0.1, 0.15) is 0 Å². The summed E-state index contributed by atoms with van der Waals surface area (Å²) >= 11 is 0. The Bertz CT molecular complexity index is 582. The van der Waals surface area contributed by atoms with Crippen LogP contribution in [0.1, 0.15) is 51.0 Å². The minimum absolute atomic E-state index is 0.191. The van der Waals surface area contributed by atoms with Gasteiger partial charge in [0.2, 0.25) is 0 Å². The molecule has 1 atom stereocenters. The Morgan fingerprint density at radius 2 is 1.90 bits per heavy atom. The fourth-order valence-electron chi connectivity index (χ4n) is 3.43. The van der Waals surface area contributed by atoms with Gasteiger partial charge in [-0.15, -0.1) is 0 Å². The van der Waals surface area contributed by atoms with Gasteiger partial charge in [-0.05, 0) is 25.2 Å². The van der Waals surface area contributed by atoms with Gasteiger partial charge in [0.05, 0.1) is 0 Å². The largest absolute Gasteiger partial charge is 0.330 e. The first-order valence-electron chi connectivity index (χ1n) is 8.03. The van der Waals surface area contributed by atoms with Gasteiger partial charge in [-0.1, -0.05) is 26.2 Å². The molecule has 1 aromatic heterocycles. The summed E-state index contributed by atoms with van der Waals surface area (Å²) in [7, 11) is 3.22. The minimum Gasteiger partial charge on any atom is -0.309 e. The number of aromatic nitrogens is 2. The topological polar surface area (TPSA) is 56.0 Å². The second-order valence-electron chi connectivity index (χ2n) is 6.21. The summed E-state index contributed by atoms with van der Waals surface area (Å²) in [6.45, 7) is 2.74. The predicted octanol–water partition coefficient (Wildman–Crippen LogP) is 1.53. The molecule has 0 aliphatic heterocycles. The molecular formula is C16H27N3O2. The lowest BCUT2D eigenvalue weighted by Crippen LogP contribution is -2.42. The molecule has 0 amide bonds. The molecule has 1 saturated carbocycles. The van der Waals surface area contributed by atoms with Gasteiger partial charge < -0.3 is 9.88 Å². The van der Waals surface area contributed by atoms with Crippen LogP contribution in [-0.2, 0) is 20.6 Å². The minimum atomic E-state index is -0.275. The summed E-state index contributed by atoms with van der Waals surface area (Å²) in [4.78, 5) is 23.8. The van der Waals surface area contributed by atoms with Crippen LogP contribution in [0.25, 0.3) is 0 Å². The molecule has 1 N–H and O–H groups in total. The maximum absolute atomic E-state index is 12.1. The van der Waals surface area contributed by atoms with Crippen molar-refractivity contribution in [2.24, 2.45) is 20.0 Å². The van der Waals surface area contributed by atoms with Gasteiger partial charge >= 0.3 is 5.69 Å². The van der Waals surface area contributed by atoms with E-state index in [1.54, 1.807) is 13.2 Å². The summed E-state index contributed by atoms with van der Waals surface area (Å²) in [6.07, 6.45) is 9.32. The lowest BCUT2D eigenvalue weighted by Gasteiger charge is -2.30. The smallest absolute Gasteiger partial charge is 0.309 e. The van der Waals surface area contributed by atoms with E-state index in [2.05, 4.69) is 12.2 Å². The monoisotopic (exact) mass is 293 g/mol. The summed E-state index contributed by atoms with van der Waals surface area (Å²) in [5, 5.41) is 3.54. The van der Waals surface area contributed by atoms with Gasteiger partial charge in [0, 0.05) is 38.4 Å². The summed E-state index contributed by atoms with van der Waals surface area (Å²) in [5.74, 6) is 0.722. The molecule has 0 aromatic carbocycles. The fourth-order valence-corrected chi connectivity index (χ4v) is 3.43. The average Bonchev–Trinajstić information content (AvgIpc) is 2.51. The quantitative estimate of drug-likeness (QED) is 0.896. The molecule has 1 unspecified atom stereocenters. The average molecular weight is 293 g/mol. The second-order valence-corrected chi connectivity index (χ2v) is 6.21. The summed E-state index contributed by atoms with van der Waals surface area (Å²) < 4.78 is 2.65. The third-order valence-electron chi connectivity index (χ3n) is 4.73. The Morgan fingerprint density at radius 1 is 1.24 bits per heavy atom. The molecule has 1 aliphatic carbocycles. The van der Waals surface area contributed by atoms with Crippen LogP contribution in [0, 0.1) is 5.92 Å². The number of aryl methyl sites for hydroxylation is 1. The van der Waals surface area contributed by atoms with Gasteiger partial charge in [0.25, 0.3) is 5.56 Å². The first-order chi connectivity index (χ1) is 10.0. The Hall–Kier alpha value is -1.36. The van der Waals surface area contributed by atoms with Crippen LogP contribution < -0.4 is 16.6 Å². The van der Waals surface area contributed by atoms with E-state index in [0.29, 0.717) is 18.2 Å². The highest BCUT2D eigenvalue weighted by Gasteiger charge is 2.22. The number of hydrogen-bond donors (Lipinski definition) is 1. The molecule has 0 spiro atoms. The van der Waals surface area contributed by atoms with Crippen molar-refractivity contribution in [3.8, 4) is 0 Å². The Morgan fingerprint density at radius 3 is 2.52 bits per heavy atom. The van der Waals surface area contributed by atoms with E-state index in [1.807, 2.05) is 0 Å². The zero-order valence-electron chi connectivity index (χ0n) is 13.4. The maximum atomic E-state index is 12.1. The molecule has 1 heterocycles. The van der Waals surface area contributed by atoms with Crippen molar-refractivity contribution < 1.29 is 0 Å². The zero-order chi connectivity index (χ0) is 15.4. The highest BCUT2D eigenvalue weighted by atomic mass is 16.2. The van der Waals surface area contributed by atoms with E-state index in [0.717, 1.165) is 12.3 Å². The van der Waals surface area contributed by atoms with Crippen molar-refractivity contribution in [3.63, 3.8) is 0 Å². The predicted molar refractivity (Wildman–Crippen MR) is 84.4 cm³/mol. The first-order valence-corrected chi connectivity index (χ1v) is 8.03. The third kappa shape index (κ3) is 3.64. The van der Waals surface area contributed by atoms with Crippen molar-refractivity contribution >= 4 is 0 Å². The van der Waals surface area contributed by atoms with Crippen LogP contribution in [0.4, 0.5) is 0 Å². The second kappa shape index (κ2) is 7.07. The summed E-state index contributed by atoms with van der Waals surface area (Å²) in [5.41, 5.74) is 0.195. The number of nitrogens with one attached hydrogen (secondary N) is 1. The molecule has 118 valence electrons. The van der Waals surface area contributed by atoms with Crippen molar-refractivity contribution in [1.29, 1.82) is 0 Å². The van der Waals surface area contributed by atoms with E-state index >= 15 is 0 Å². The Balaban J connectivity index is 2.08. The molecule has 1 aliphatic rings. The van der Waals surface area contributed by atoms with E-state index in [-0.39, 0.29) is 11.2 Å². The standard InChI is InChI=1S/C16H27N3O2/c1-4-14(12-8-6-5-7-9-12)17-10-13-11-18(2)16(21)19(3)15(13)20/h11-12,14,17H,4-10H2,1-3H3. The van der Waals surface area contributed by atoms with Crippen LogP contribution >= 0.6 is 0 Å². The molecule has 5 heteroatoms. The molecule has 0 bridgehead atoms. The fraction of sp³-hybridized carbons (Fsp3) is 0.750. The normalized spacial score (nSPS) is 17.9. The third-order valence-corrected chi connectivity index (χ3v) is 4.73. The van der Waals surface area contributed by atoms with Gasteiger partial charge in [-0.2, -0.15) is 0 Å². The van der Waals surface area contributed by atoms with Gasteiger partial charge in [-0.25, -0.2) is 4.79 Å². The maximum Gasteiger partial charge on any atom is 0.330 e. The van der Waals surface area contributed by atoms with Crippen molar-refractivity contribution in [1.82, 2.24) is 14.5 Å². The van der Waals surface area contributed by atoms with Crippen LogP contribution in [-0.4, -0.2) is 15.2 Å². The molecule has 21 heavy (non-hydrogen) atoms. The van der Waals surface area contributed by atoms with E-state index < -0.39 is 0 Å². The molecule has 0 saturated heterocycles. The molecular weight excluding hydrogens is 266 g/mol. The number of rotatable bonds is 5. The van der Waals surface area contributed by atoms with E-state index in [9.17, 15) is 9.59 Å². The SMILES string of the molecule is CCC(NCc1cn(C)c(=O)n(C)c1=O)C1CCCCC1. The van der Waals surface area contributed by atoms with Crippen molar-refractivity contribution in [2.45, 2.75) is 58.0 Å². The molecule has 1 aromatic rings. The first kappa shape index (κ1) is 16.0. The van der Waals surface area contributed by atoms with Crippen molar-refractivity contribution in [2.75, 3.05) is 0 Å². The Labute approximate surface area is 126 Å². The number of nitrogens with zero attached hydrogens (tertiary/aromatic N) is 2.